The van der Waals surface area contributed by atoms with Crippen LogP contribution in [0.3, 0.4) is 0 Å². The molecule has 10 heteroatoms. The van der Waals surface area contributed by atoms with Gasteiger partial charge in [-0.05, 0) is 70.1 Å². The second kappa shape index (κ2) is 11.1. The Morgan fingerprint density at radius 3 is 2.50 bits per heavy atom. The van der Waals surface area contributed by atoms with Crippen molar-refractivity contribution in [2.45, 2.75) is 83.1 Å². The normalized spacial score (nSPS) is 22.5. The van der Waals surface area contributed by atoms with Crippen LogP contribution in [0.25, 0.3) is 0 Å². The van der Waals surface area contributed by atoms with Crippen LogP contribution in [0.1, 0.15) is 58.1 Å². The molecule has 1 unspecified atom stereocenters. The smallest absolute Gasteiger partial charge is 0.411 e. The summed E-state index contributed by atoms with van der Waals surface area (Å²) in [6.07, 6.45) is 2.95. The highest BCUT2D eigenvalue weighted by molar-refractivity contribution is 7.98. The Labute approximate surface area is 216 Å². The van der Waals surface area contributed by atoms with Crippen molar-refractivity contribution >= 4 is 35.6 Å². The average Bonchev–Trinajstić information content (AvgIpc) is 3.21. The number of likely N-dealkylation sites (tertiary alicyclic amines) is 1. The zero-order valence-electron chi connectivity index (χ0n) is 21.7. The summed E-state index contributed by atoms with van der Waals surface area (Å²) in [6.45, 7) is 7.63. The number of hydrogen-bond acceptors (Lipinski definition) is 6. The van der Waals surface area contributed by atoms with Gasteiger partial charge in [-0.3, -0.25) is 14.5 Å². The van der Waals surface area contributed by atoms with Gasteiger partial charge in [0.1, 0.15) is 23.2 Å². The minimum atomic E-state index is -1.17. The van der Waals surface area contributed by atoms with Crippen LogP contribution >= 0.6 is 11.8 Å². The Hall–Kier alpha value is -2.75. The van der Waals surface area contributed by atoms with E-state index in [0.29, 0.717) is 25.1 Å². The van der Waals surface area contributed by atoms with Gasteiger partial charge in [0.05, 0.1) is 0 Å². The number of aliphatic carboxylic acids is 1. The van der Waals surface area contributed by atoms with Gasteiger partial charge in [0, 0.05) is 19.5 Å². The van der Waals surface area contributed by atoms with Crippen molar-refractivity contribution in [2.24, 2.45) is 0 Å². The first-order valence-corrected chi connectivity index (χ1v) is 13.7. The highest BCUT2D eigenvalue weighted by Gasteiger charge is 2.51. The van der Waals surface area contributed by atoms with E-state index in [4.69, 9.17) is 4.74 Å². The number of carboxylic acids is 1. The first kappa shape index (κ1) is 27.8. The summed E-state index contributed by atoms with van der Waals surface area (Å²) in [5.41, 5.74) is -0.00698. The van der Waals surface area contributed by atoms with Gasteiger partial charge in [-0.15, -0.1) is 0 Å². The Morgan fingerprint density at radius 1 is 1.22 bits per heavy atom. The van der Waals surface area contributed by atoms with Gasteiger partial charge in [0.25, 0.3) is 0 Å². The second-order valence-electron chi connectivity index (χ2n) is 10.6. The molecule has 198 valence electrons. The highest BCUT2D eigenvalue weighted by atomic mass is 32.2. The van der Waals surface area contributed by atoms with Gasteiger partial charge in [-0.2, -0.15) is 11.8 Å². The lowest BCUT2D eigenvalue weighted by Gasteiger charge is -2.43. The third-order valence-corrected chi connectivity index (χ3v) is 7.40. The van der Waals surface area contributed by atoms with Crippen LogP contribution in [0.15, 0.2) is 24.3 Å². The zero-order chi connectivity index (χ0) is 26.7. The Bertz CT molecular complexity index is 1010. The van der Waals surface area contributed by atoms with Crippen molar-refractivity contribution in [3.8, 4) is 0 Å². The van der Waals surface area contributed by atoms with E-state index in [2.05, 4.69) is 5.32 Å². The number of carbonyl (C=O) groups is 4. The maximum absolute atomic E-state index is 14.1. The molecule has 0 bridgehead atoms. The molecule has 2 aliphatic heterocycles. The largest absolute Gasteiger partial charge is 0.480 e. The fourth-order valence-electron chi connectivity index (χ4n) is 4.84. The van der Waals surface area contributed by atoms with Crippen LogP contribution in [-0.2, 0) is 32.1 Å². The molecule has 9 nitrogen and oxygen atoms in total. The molecule has 1 saturated heterocycles. The summed E-state index contributed by atoms with van der Waals surface area (Å²) in [5.74, 6) is -1.37. The van der Waals surface area contributed by atoms with Gasteiger partial charge >= 0.3 is 12.1 Å². The maximum atomic E-state index is 14.1. The maximum Gasteiger partial charge on any atom is 0.411 e. The van der Waals surface area contributed by atoms with Crippen molar-refractivity contribution in [1.29, 1.82) is 0 Å². The molecular formula is C26H37N3O6S. The lowest BCUT2D eigenvalue weighted by atomic mass is 9.89. The summed E-state index contributed by atoms with van der Waals surface area (Å²) >= 11 is 1.50. The molecular weight excluding hydrogens is 482 g/mol. The molecule has 0 spiro atoms. The van der Waals surface area contributed by atoms with E-state index in [-0.39, 0.29) is 25.3 Å². The van der Waals surface area contributed by atoms with Crippen LogP contribution < -0.4 is 5.32 Å². The number of nitrogens with one attached hydrogen (secondary N) is 1. The van der Waals surface area contributed by atoms with Crippen LogP contribution in [-0.4, -0.2) is 80.6 Å². The Morgan fingerprint density at radius 2 is 1.89 bits per heavy atom. The molecule has 36 heavy (non-hydrogen) atoms. The zero-order valence-corrected chi connectivity index (χ0v) is 22.5. The number of amides is 3. The number of rotatable bonds is 7. The fourth-order valence-corrected chi connectivity index (χ4v) is 5.31. The molecule has 2 heterocycles. The molecule has 3 rings (SSSR count). The van der Waals surface area contributed by atoms with Crippen molar-refractivity contribution in [2.75, 3.05) is 18.6 Å². The third-order valence-electron chi connectivity index (χ3n) is 6.75. The molecule has 3 atom stereocenters. The third kappa shape index (κ3) is 6.14. The number of hydrogen-bond donors (Lipinski definition) is 2. The Kier molecular flexibility index (Phi) is 8.59. The standard InChI is InChI=1S/C26H37N3O6S/c1-25(2,3)35-24(34)29-13-8-12-26(29,4)23(33)28-16-18-10-7-6-9-17(18)15-20(28)21(30)27-19(22(31)32)11-14-36-5/h6-7,9-10,19-20H,8,11-16H2,1-5H3,(H,27,30)(H,31,32)/t19-,20+,26?/m0/s1. The van der Waals surface area contributed by atoms with Gasteiger partial charge in [-0.1, -0.05) is 24.3 Å². The van der Waals surface area contributed by atoms with Crippen LogP contribution in [0.5, 0.6) is 0 Å². The molecule has 0 aliphatic carbocycles. The molecule has 1 aromatic rings. The van der Waals surface area contributed by atoms with Crippen molar-refractivity contribution in [3.05, 3.63) is 35.4 Å². The molecule has 0 aromatic heterocycles. The first-order chi connectivity index (χ1) is 16.9. The van der Waals surface area contributed by atoms with Crippen LogP contribution in [0, 0.1) is 0 Å². The Balaban J connectivity index is 1.91. The number of benzene rings is 1. The SMILES string of the molecule is CSCC[C@H](NC(=O)[C@H]1Cc2ccccc2CN1C(=O)C1(C)CCCN1C(=O)OC(C)(C)C)C(=O)O. The van der Waals surface area contributed by atoms with E-state index in [1.807, 2.05) is 30.5 Å². The van der Waals surface area contributed by atoms with Gasteiger partial charge in [-0.25, -0.2) is 9.59 Å². The van der Waals surface area contributed by atoms with Crippen LogP contribution in [0.4, 0.5) is 4.79 Å². The predicted molar refractivity (Wildman–Crippen MR) is 138 cm³/mol. The molecule has 2 aliphatic rings. The van der Waals surface area contributed by atoms with Crippen molar-refractivity contribution in [3.63, 3.8) is 0 Å². The van der Waals surface area contributed by atoms with Gasteiger partial charge in [0.15, 0.2) is 0 Å². The predicted octanol–water partition coefficient (Wildman–Crippen LogP) is 3.05. The molecule has 0 radical (unpaired) electrons. The number of carboxylic acid groups (broad SMARTS) is 1. The van der Waals surface area contributed by atoms with Gasteiger partial charge < -0.3 is 20.1 Å². The lowest BCUT2D eigenvalue weighted by Crippen LogP contribution is -2.63. The second-order valence-corrected chi connectivity index (χ2v) is 11.6. The van der Waals surface area contributed by atoms with E-state index in [1.165, 1.54) is 21.6 Å². The minimum absolute atomic E-state index is 0.202. The summed E-state index contributed by atoms with van der Waals surface area (Å²) in [7, 11) is 0. The van der Waals surface area contributed by atoms with E-state index in [1.54, 1.807) is 27.7 Å². The van der Waals surface area contributed by atoms with Crippen molar-refractivity contribution in [1.82, 2.24) is 15.1 Å². The molecule has 1 fully saturated rings. The summed E-state index contributed by atoms with van der Waals surface area (Å²) in [5, 5.41) is 12.3. The summed E-state index contributed by atoms with van der Waals surface area (Å²) in [4.78, 5) is 55.3. The number of ether oxygens (including phenoxy) is 1. The van der Waals surface area contributed by atoms with Gasteiger partial charge in [0.2, 0.25) is 11.8 Å². The highest BCUT2D eigenvalue weighted by Crippen LogP contribution is 2.35. The monoisotopic (exact) mass is 519 g/mol. The van der Waals surface area contributed by atoms with E-state index >= 15 is 0 Å². The minimum Gasteiger partial charge on any atom is -0.480 e. The lowest BCUT2D eigenvalue weighted by molar-refractivity contribution is -0.151. The number of thioether (sulfide) groups is 1. The van der Waals surface area contributed by atoms with E-state index in [0.717, 1.165) is 11.1 Å². The molecule has 1 aromatic carbocycles. The number of nitrogens with zero attached hydrogens (tertiary/aromatic N) is 2. The summed E-state index contributed by atoms with van der Waals surface area (Å²) in [6, 6.07) is 5.68. The fraction of sp³-hybridized carbons (Fsp3) is 0.615. The summed E-state index contributed by atoms with van der Waals surface area (Å²) < 4.78 is 5.57. The van der Waals surface area contributed by atoms with E-state index in [9.17, 15) is 24.3 Å². The first-order valence-electron chi connectivity index (χ1n) is 12.3. The topological polar surface area (TPSA) is 116 Å². The van der Waals surface area contributed by atoms with Crippen LogP contribution in [0.2, 0.25) is 0 Å². The molecule has 2 N–H and O–H groups in total. The number of fused-ring (bicyclic) bond motifs is 1. The average molecular weight is 520 g/mol. The van der Waals surface area contributed by atoms with Crippen molar-refractivity contribution < 1.29 is 29.0 Å². The quantitative estimate of drug-likeness (QED) is 0.569. The molecule has 0 saturated carbocycles. The van der Waals surface area contributed by atoms with E-state index < -0.39 is 41.2 Å². The number of carbonyl (C=O) groups excluding carboxylic acids is 3. The molecule has 3 amide bonds.